The molecule has 110 valence electrons. The molecular weight excluding hydrogens is 240 g/mol. The number of likely N-dealkylation sites (tertiary alicyclic amines) is 2. The SMILES string of the molecule is CC(C)N1CCCC2(CCN2C(=O)OC(C)(C)C)C1. The van der Waals surface area contributed by atoms with E-state index in [0.29, 0.717) is 6.04 Å². The van der Waals surface area contributed by atoms with E-state index in [0.717, 1.165) is 32.5 Å². The van der Waals surface area contributed by atoms with Crippen molar-refractivity contribution in [1.29, 1.82) is 0 Å². The Hall–Kier alpha value is -0.770. The normalized spacial score (nSPS) is 28.6. The van der Waals surface area contributed by atoms with Gasteiger partial charge in [0.25, 0.3) is 0 Å². The number of carbonyl (C=O) groups is 1. The fraction of sp³-hybridized carbons (Fsp3) is 0.933. The summed E-state index contributed by atoms with van der Waals surface area (Å²) in [6.07, 6.45) is 3.28. The van der Waals surface area contributed by atoms with Gasteiger partial charge in [-0.2, -0.15) is 0 Å². The van der Waals surface area contributed by atoms with Gasteiger partial charge in [-0.15, -0.1) is 0 Å². The lowest BCUT2D eigenvalue weighted by atomic mass is 9.77. The highest BCUT2D eigenvalue weighted by Gasteiger charge is 2.51. The molecule has 0 aromatic heterocycles. The Morgan fingerprint density at radius 2 is 1.89 bits per heavy atom. The second kappa shape index (κ2) is 4.97. The fourth-order valence-electron chi connectivity index (χ4n) is 3.15. The number of hydrogen-bond donors (Lipinski definition) is 0. The maximum Gasteiger partial charge on any atom is 0.410 e. The average molecular weight is 268 g/mol. The molecule has 2 aliphatic heterocycles. The number of carbonyl (C=O) groups excluding carboxylic acids is 1. The minimum atomic E-state index is -0.403. The Labute approximate surface area is 117 Å². The van der Waals surface area contributed by atoms with Gasteiger partial charge < -0.3 is 9.64 Å². The van der Waals surface area contributed by atoms with Crippen molar-refractivity contribution in [3.63, 3.8) is 0 Å². The van der Waals surface area contributed by atoms with E-state index in [1.807, 2.05) is 25.7 Å². The van der Waals surface area contributed by atoms with Crippen LogP contribution in [0.3, 0.4) is 0 Å². The Morgan fingerprint density at radius 1 is 1.21 bits per heavy atom. The smallest absolute Gasteiger partial charge is 0.410 e. The molecule has 0 aliphatic carbocycles. The van der Waals surface area contributed by atoms with Gasteiger partial charge in [0.15, 0.2) is 0 Å². The van der Waals surface area contributed by atoms with Gasteiger partial charge in [-0.25, -0.2) is 4.79 Å². The van der Waals surface area contributed by atoms with Crippen LogP contribution >= 0.6 is 0 Å². The summed E-state index contributed by atoms with van der Waals surface area (Å²) in [5, 5.41) is 0. The van der Waals surface area contributed by atoms with Crippen molar-refractivity contribution in [2.45, 2.75) is 71.1 Å². The highest BCUT2D eigenvalue weighted by Crippen LogP contribution is 2.39. The Kier molecular flexibility index (Phi) is 3.83. The fourth-order valence-corrected chi connectivity index (χ4v) is 3.15. The highest BCUT2D eigenvalue weighted by atomic mass is 16.6. The minimum absolute atomic E-state index is 0.0465. The van der Waals surface area contributed by atoms with Crippen molar-refractivity contribution >= 4 is 6.09 Å². The van der Waals surface area contributed by atoms with E-state index in [9.17, 15) is 4.79 Å². The van der Waals surface area contributed by atoms with Crippen LogP contribution in [0.25, 0.3) is 0 Å². The van der Waals surface area contributed by atoms with Crippen LogP contribution in [0.1, 0.15) is 53.9 Å². The van der Waals surface area contributed by atoms with Crippen LogP contribution in [0.2, 0.25) is 0 Å². The molecule has 2 heterocycles. The zero-order valence-corrected chi connectivity index (χ0v) is 13.0. The highest BCUT2D eigenvalue weighted by molar-refractivity contribution is 5.70. The lowest BCUT2D eigenvalue weighted by molar-refractivity contribution is -0.0784. The van der Waals surface area contributed by atoms with E-state index >= 15 is 0 Å². The van der Waals surface area contributed by atoms with E-state index in [1.165, 1.54) is 6.42 Å². The standard InChI is InChI=1S/C15H28N2O2/c1-12(2)16-9-6-7-15(11-16)8-10-17(15)13(18)19-14(3,4)5/h12H,6-11H2,1-5H3. The zero-order valence-electron chi connectivity index (χ0n) is 13.0. The van der Waals surface area contributed by atoms with Crippen LogP contribution < -0.4 is 0 Å². The summed E-state index contributed by atoms with van der Waals surface area (Å²) in [5.41, 5.74) is -0.356. The Morgan fingerprint density at radius 3 is 2.37 bits per heavy atom. The first kappa shape index (κ1) is 14.6. The van der Waals surface area contributed by atoms with Gasteiger partial charge in [-0.1, -0.05) is 0 Å². The van der Waals surface area contributed by atoms with Crippen molar-refractivity contribution in [1.82, 2.24) is 9.80 Å². The maximum atomic E-state index is 12.3. The van der Waals surface area contributed by atoms with Crippen LogP contribution in [0.15, 0.2) is 0 Å². The molecule has 0 radical (unpaired) electrons. The molecule has 2 saturated heterocycles. The Balaban J connectivity index is 2.02. The van der Waals surface area contributed by atoms with Crippen molar-refractivity contribution in [2.24, 2.45) is 0 Å². The third-order valence-corrected chi connectivity index (χ3v) is 4.30. The Bertz CT molecular complexity index is 349. The molecule has 19 heavy (non-hydrogen) atoms. The van der Waals surface area contributed by atoms with E-state index in [-0.39, 0.29) is 11.6 Å². The summed E-state index contributed by atoms with van der Waals surface area (Å²) in [6, 6.07) is 0.554. The van der Waals surface area contributed by atoms with Gasteiger partial charge in [0.1, 0.15) is 5.60 Å². The number of ether oxygens (including phenoxy) is 1. The monoisotopic (exact) mass is 268 g/mol. The molecule has 2 fully saturated rings. The van der Waals surface area contributed by atoms with Gasteiger partial charge in [0, 0.05) is 19.1 Å². The van der Waals surface area contributed by atoms with Crippen molar-refractivity contribution < 1.29 is 9.53 Å². The van der Waals surface area contributed by atoms with Crippen LogP contribution in [-0.2, 0) is 4.74 Å². The second-order valence-electron chi connectivity index (χ2n) is 7.27. The first-order valence-electron chi connectivity index (χ1n) is 7.48. The lowest BCUT2D eigenvalue weighted by Crippen LogP contribution is -2.69. The zero-order chi connectivity index (χ0) is 14.3. The first-order chi connectivity index (χ1) is 8.73. The predicted octanol–water partition coefficient (Wildman–Crippen LogP) is 2.87. The molecule has 0 N–H and O–H groups in total. The number of rotatable bonds is 1. The van der Waals surface area contributed by atoms with Gasteiger partial charge in [0.2, 0.25) is 0 Å². The largest absolute Gasteiger partial charge is 0.444 e. The van der Waals surface area contributed by atoms with Gasteiger partial charge in [-0.05, 0) is 60.4 Å². The van der Waals surface area contributed by atoms with Gasteiger partial charge in [-0.3, -0.25) is 4.90 Å². The van der Waals surface area contributed by atoms with Crippen molar-refractivity contribution in [3.8, 4) is 0 Å². The molecule has 1 amide bonds. The molecule has 0 bridgehead atoms. The molecule has 4 nitrogen and oxygen atoms in total. The summed E-state index contributed by atoms with van der Waals surface area (Å²) in [4.78, 5) is 16.7. The number of amides is 1. The van der Waals surface area contributed by atoms with E-state index in [4.69, 9.17) is 4.74 Å². The number of nitrogens with zero attached hydrogens (tertiary/aromatic N) is 2. The molecule has 4 heteroatoms. The van der Waals surface area contributed by atoms with E-state index in [1.54, 1.807) is 0 Å². The van der Waals surface area contributed by atoms with Crippen LogP contribution in [0.5, 0.6) is 0 Å². The molecule has 0 saturated carbocycles. The lowest BCUT2D eigenvalue weighted by Gasteiger charge is -2.57. The maximum absolute atomic E-state index is 12.3. The molecule has 0 aromatic rings. The molecule has 2 aliphatic rings. The first-order valence-corrected chi connectivity index (χ1v) is 7.48. The molecule has 1 unspecified atom stereocenters. The third kappa shape index (κ3) is 3.04. The summed E-state index contributed by atoms with van der Waals surface area (Å²) < 4.78 is 5.53. The number of piperidine rings is 1. The topological polar surface area (TPSA) is 32.8 Å². The average Bonchev–Trinajstić information content (AvgIpc) is 2.25. The van der Waals surface area contributed by atoms with Crippen LogP contribution in [-0.4, -0.2) is 52.7 Å². The molecular formula is C15H28N2O2. The molecule has 1 atom stereocenters. The van der Waals surface area contributed by atoms with E-state index in [2.05, 4.69) is 18.7 Å². The van der Waals surface area contributed by atoms with Gasteiger partial charge in [0.05, 0.1) is 5.54 Å². The van der Waals surface area contributed by atoms with Crippen molar-refractivity contribution in [3.05, 3.63) is 0 Å². The second-order valence-corrected chi connectivity index (χ2v) is 7.27. The summed E-state index contributed by atoms with van der Waals surface area (Å²) >= 11 is 0. The minimum Gasteiger partial charge on any atom is -0.444 e. The molecule has 0 aromatic carbocycles. The summed E-state index contributed by atoms with van der Waals surface area (Å²) in [7, 11) is 0. The van der Waals surface area contributed by atoms with Gasteiger partial charge >= 0.3 is 6.09 Å². The van der Waals surface area contributed by atoms with Crippen LogP contribution in [0, 0.1) is 0 Å². The number of hydrogen-bond acceptors (Lipinski definition) is 3. The predicted molar refractivity (Wildman–Crippen MR) is 76.2 cm³/mol. The summed E-state index contributed by atoms with van der Waals surface area (Å²) in [5.74, 6) is 0. The quantitative estimate of drug-likeness (QED) is 0.733. The van der Waals surface area contributed by atoms with E-state index < -0.39 is 5.60 Å². The van der Waals surface area contributed by atoms with Crippen LogP contribution in [0.4, 0.5) is 4.79 Å². The molecule has 2 rings (SSSR count). The summed E-state index contributed by atoms with van der Waals surface area (Å²) in [6.45, 7) is 13.3. The third-order valence-electron chi connectivity index (χ3n) is 4.30. The molecule has 1 spiro atoms. The van der Waals surface area contributed by atoms with Crippen molar-refractivity contribution in [2.75, 3.05) is 19.6 Å².